The lowest BCUT2D eigenvalue weighted by atomic mass is 10.0. The van der Waals surface area contributed by atoms with Gasteiger partial charge in [-0.25, -0.2) is 0 Å². The van der Waals surface area contributed by atoms with Gasteiger partial charge < -0.3 is 21.1 Å². The van der Waals surface area contributed by atoms with Crippen LogP contribution in [0.3, 0.4) is 0 Å². The van der Waals surface area contributed by atoms with Gasteiger partial charge in [-0.05, 0) is 42.9 Å². The van der Waals surface area contributed by atoms with E-state index in [1.807, 2.05) is 24.3 Å². The molecule has 0 aromatic heterocycles. The molecule has 1 aromatic rings. The lowest BCUT2D eigenvalue weighted by Gasteiger charge is -2.13. The zero-order valence-electron chi connectivity index (χ0n) is 15.8. The van der Waals surface area contributed by atoms with Gasteiger partial charge in [0.15, 0.2) is 12.6 Å². The van der Waals surface area contributed by atoms with E-state index in [0.29, 0.717) is 5.75 Å². The predicted octanol–water partition coefficient (Wildman–Crippen LogP) is 2.23. The third-order valence-electron chi connectivity index (χ3n) is 4.79. The minimum Gasteiger partial charge on any atom is -0.484 e. The third-order valence-corrected chi connectivity index (χ3v) is 4.79. The van der Waals surface area contributed by atoms with Crippen molar-refractivity contribution in [3.63, 3.8) is 0 Å². The van der Waals surface area contributed by atoms with E-state index >= 15 is 0 Å². The number of primary amides is 1. The number of aliphatic imine (C=N–C) groups is 1. The molecule has 1 amide bonds. The van der Waals surface area contributed by atoms with Gasteiger partial charge in [0.25, 0.3) is 5.91 Å². The number of hydrogen-bond donors (Lipinski definition) is 3. The van der Waals surface area contributed by atoms with Crippen LogP contribution in [0.25, 0.3) is 0 Å². The molecule has 6 nitrogen and oxygen atoms in total. The number of rotatable bonds is 10. The van der Waals surface area contributed by atoms with E-state index in [1.165, 1.54) is 44.1 Å². The summed E-state index contributed by atoms with van der Waals surface area (Å²) < 4.78 is 5.25. The molecule has 0 spiro atoms. The van der Waals surface area contributed by atoms with Gasteiger partial charge in [0, 0.05) is 20.1 Å². The maximum atomic E-state index is 10.7. The molecule has 1 fully saturated rings. The summed E-state index contributed by atoms with van der Waals surface area (Å²) in [5, 5.41) is 6.74. The molecule has 4 N–H and O–H groups in total. The second-order valence-corrected chi connectivity index (χ2v) is 6.87. The van der Waals surface area contributed by atoms with Crippen LogP contribution in [-0.2, 0) is 11.2 Å². The van der Waals surface area contributed by atoms with E-state index in [9.17, 15) is 4.79 Å². The van der Waals surface area contributed by atoms with Crippen LogP contribution in [0.4, 0.5) is 0 Å². The van der Waals surface area contributed by atoms with Crippen molar-refractivity contribution in [1.82, 2.24) is 10.6 Å². The number of ether oxygens (including phenoxy) is 1. The normalized spacial score (nSPS) is 15.0. The van der Waals surface area contributed by atoms with Crippen LogP contribution in [0.15, 0.2) is 29.3 Å². The maximum absolute atomic E-state index is 10.7. The van der Waals surface area contributed by atoms with E-state index < -0.39 is 5.91 Å². The van der Waals surface area contributed by atoms with E-state index in [0.717, 1.165) is 31.4 Å². The minimum absolute atomic E-state index is 0.0936. The van der Waals surface area contributed by atoms with Gasteiger partial charge in [0.1, 0.15) is 5.75 Å². The number of nitrogens with one attached hydrogen (secondary N) is 2. The van der Waals surface area contributed by atoms with Crippen LogP contribution in [0, 0.1) is 5.92 Å². The summed E-state index contributed by atoms with van der Waals surface area (Å²) in [6.07, 6.45) is 9.09. The summed E-state index contributed by atoms with van der Waals surface area (Å²) in [6.45, 7) is 1.69. The van der Waals surface area contributed by atoms with Crippen molar-refractivity contribution in [2.45, 2.75) is 44.9 Å². The van der Waals surface area contributed by atoms with Gasteiger partial charge >= 0.3 is 0 Å². The number of amides is 1. The number of nitrogens with two attached hydrogens (primary N) is 1. The fourth-order valence-corrected chi connectivity index (χ4v) is 3.35. The quantitative estimate of drug-likeness (QED) is 0.339. The lowest BCUT2D eigenvalue weighted by molar-refractivity contribution is -0.119. The molecule has 1 aliphatic rings. The van der Waals surface area contributed by atoms with Crippen molar-refractivity contribution >= 4 is 11.9 Å². The molecule has 2 rings (SSSR count). The number of benzene rings is 1. The standard InChI is InChI=1S/C20H32N4O2/c1-22-20(23-13-4-7-16-5-2-3-6-16)24-14-12-17-8-10-18(11-9-17)26-15-19(21)25/h8-11,16H,2-7,12-15H2,1H3,(H2,21,25)(H2,22,23,24). The first kappa shape index (κ1) is 20.1. The molecular formula is C20H32N4O2. The van der Waals surface area contributed by atoms with E-state index in [2.05, 4.69) is 15.6 Å². The van der Waals surface area contributed by atoms with E-state index in [-0.39, 0.29) is 6.61 Å². The van der Waals surface area contributed by atoms with Crippen molar-refractivity contribution in [3.05, 3.63) is 29.8 Å². The van der Waals surface area contributed by atoms with Crippen molar-refractivity contribution in [2.75, 3.05) is 26.7 Å². The van der Waals surface area contributed by atoms with Crippen molar-refractivity contribution in [3.8, 4) is 5.75 Å². The molecule has 0 radical (unpaired) electrons. The molecule has 0 saturated heterocycles. The maximum Gasteiger partial charge on any atom is 0.255 e. The zero-order chi connectivity index (χ0) is 18.6. The molecule has 0 heterocycles. The number of carbonyl (C=O) groups excluding carboxylic acids is 1. The zero-order valence-corrected chi connectivity index (χ0v) is 15.8. The molecule has 26 heavy (non-hydrogen) atoms. The van der Waals surface area contributed by atoms with Gasteiger partial charge in [0.2, 0.25) is 0 Å². The summed E-state index contributed by atoms with van der Waals surface area (Å²) in [7, 11) is 1.80. The Morgan fingerprint density at radius 2 is 1.88 bits per heavy atom. The molecule has 1 aliphatic carbocycles. The fraction of sp³-hybridized carbons (Fsp3) is 0.600. The molecule has 0 bridgehead atoms. The number of hydrogen-bond acceptors (Lipinski definition) is 3. The first-order chi connectivity index (χ1) is 12.7. The third kappa shape index (κ3) is 7.76. The Labute approximate surface area is 156 Å². The smallest absolute Gasteiger partial charge is 0.255 e. The predicted molar refractivity (Wildman–Crippen MR) is 105 cm³/mol. The monoisotopic (exact) mass is 360 g/mol. The van der Waals surface area contributed by atoms with Crippen LogP contribution in [0.2, 0.25) is 0 Å². The van der Waals surface area contributed by atoms with E-state index in [1.54, 1.807) is 7.05 Å². The second-order valence-electron chi connectivity index (χ2n) is 6.87. The van der Waals surface area contributed by atoms with Gasteiger partial charge in [-0.15, -0.1) is 0 Å². The minimum atomic E-state index is -0.472. The second kappa shape index (κ2) is 11.4. The van der Waals surface area contributed by atoms with Crippen molar-refractivity contribution in [2.24, 2.45) is 16.6 Å². The largest absolute Gasteiger partial charge is 0.484 e. The van der Waals surface area contributed by atoms with Gasteiger partial charge in [-0.1, -0.05) is 37.8 Å². The molecule has 0 unspecified atom stereocenters. The van der Waals surface area contributed by atoms with Crippen LogP contribution < -0.4 is 21.1 Å². The van der Waals surface area contributed by atoms with E-state index in [4.69, 9.17) is 10.5 Å². The molecule has 0 atom stereocenters. The Balaban J connectivity index is 1.59. The van der Waals surface area contributed by atoms with Crippen LogP contribution in [0.5, 0.6) is 5.75 Å². The average Bonchev–Trinajstić information content (AvgIpc) is 3.16. The Hall–Kier alpha value is -2.24. The highest BCUT2D eigenvalue weighted by molar-refractivity contribution is 5.79. The molecule has 0 aliphatic heterocycles. The van der Waals surface area contributed by atoms with Crippen LogP contribution >= 0.6 is 0 Å². The molecule has 1 aromatic carbocycles. The van der Waals surface area contributed by atoms with Crippen LogP contribution in [-0.4, -0.2) is 38.6 Å². The van der Waals surface area contributed by atoms with Gasteiger partial charge in [-0.3, -0.25) is 9.79 Å². The van der Waals surface area contributed by atoms with Gasteiger partial charge in [0.05, 0.1) is 0 Å². The summed E-state index contributed by atoms with van der Waals surface area (Å²) in [4.78, 5) is 15.0. The topological polar surface area (TPSA) is 88.7 Å². The Morgan fingerprint density at radius 1 is 1.19 bits per heavy atom. The summed E-state index contributed by atoms with van der Waals surface area (Å²) >= 11 is 0. The van der Waals surface area contributed by atoms with Gasteiger partial charge in [-0.2, -0.15) is 0 Å². The Bertz CT molecular complexity index is 566. The summed E-state index contributed by atoms with van der Waals surface area (Å²) in [6, 6.07) is 7.70. The highest BCUT2D eigenvalue weighted by Crippen LogP contribution is 2.28. The molecular weight excluding hydrogens is 328 g/mol. The average molecular weight is 361 g/mol. The molecule has 6 heteroatoms. The molecule has 1 saturated carbocycles. The number of guanidine groups is 1. The first-order valence-electron chi connectivity index (χ1n) is 9.62. The number of nitrogens with zero attached hydrogens (tertiary/aromatic N) is 1. The fourth-order valence-electron chi connectivity index (χ4n) is 3.35. The number of carbonyl (C=O) groups is 1. The lowest BCUT2D eigenvalue weighted by Crippen LogP contribution is -2.38. The van der Waals surface area contributed by atoms with Crippen molar-refractivity contribution in [1.29, 1.82) is 0 Å². The summed E-state index contributed by atoms with van der Waals surface area (Å²) in [5.41, 5.74) is 6.26. The first-order valence-corrected chi connectivity index (χ1v) is 9.62. The van der Waals surface area contributed by atoms with Crippen molar-refractivity contribution < 1.29 is 9.53 Å². The Morgan fingerprint density at radius 3 is 2.54 bits per heavy atom. The highest BCUT2D eigenvalue weighted by Gasteiger charge is 2.13. The van der Waals surface area contributed by atoms with Crippen LogP contribution in [0.1, 0.15) is 44.1 Å². The SMILES string of the molecule is CN=C(NCCCC1CCCC1)NCCc1ccc(OCC(N)=O)cc1. The Kier molecular flexibility index (Phi) is 8.79. The highest BCUT2D eigenvalue weighted by atomic mass is 16.5. The molecule has 144 valence electrons. The summed E-state index contributed by atoms with van der Waals surface area (Å²) in [5.74, 6) is 1.99.